The number of hydrogen-bond acceptors (Lipinski definition) is 15. The molecule has 5 atom stereocenters. The maximum Gasteiger partial charge on any atom is 0.472 e. The molecule has 0 radical (unpaired) electrons. The molecule has 0 heterocycles. The Morgan fingerprint density at radius 3 is 0.723 bits per heavy atom. The molecule has 0 spiro atoms. The minimum Gasteiger partial charge on any atom is -0.462 e. The van der Waals surface area contributed by atoms with Gasteiger partial charge in [0.15, 0.2) is 12.2 Å². The Bertz CT molecular complexity index is 1810. The van der Waals surface area contributed by atoms with Crippen molar-refractivity contribution in [2.75, 3.05) is 39.6 Å². The standard InChI is InChI=1S/C75H146O17P2/c1-6-9-12-15-18-21-24-27-28-29-30-31-34-41-46-51-56-61-75(80)92-71(65-86-73(78)59-54-49-44-39-36-35-37-42-47-52-57-68(4)5)67-90-94(83,84)88-63-69(76)62-87-93(81,82)89-66-70(91-74(79)60-55-50-45-40-33-26-23-20-17-14-11-8-3)64-85-72(77)58-53-48-43-38-32-25-22-19-16-13-10-7-2/h68-71,76H,6-67H2,1-5H3,(H,81,82)(H,83,84)/t69-,70+,71+/m0/s1. The van der Waals surface area contributed by atoms with Crippen LogP contribution in [0.3, 0.4) is 0 Å². The van der Waals surface area contributed by atoms with Crippen LogP contribution >= 0.6 is 15.6 Å². The zero-order chi connectivity index (χ0) is 69.1. The topological polar surface area (TPSA) is 237 Å². The van der Waals surface area contributed by atoms with Crippen molar-refractivity contribution < 1.29 is 80.2 Å². The van der Waals surface area contributed by atoms with E-state index in [1.165, 1.54) is 218 Å². The quantitative estimate of drug-likeness (QED) is 0.0222. The number of aliphatic hydroxyl groups is 1. The lowest BCUT2D eigenvalue weighted by atomic mass is 10.0. The summed E-state index contributed by atoms with van der Waals surface area (Å²) in [5.41, 5.74) is 0. The van der Waals surface area contributed by atoms with E-state index >= 15 is 0 Å². The smallest absolute Gasteiger partial charge is 0.462 e. The predicted octanol–water partition coefficient (Wildman–Crippen LogP) is 22.1. The first-order valence-electron chi connectivity index (χ1n) is 39.1. The molecule has 0 amide bonds. The van der Waals surface area contributed by atoms with Crippen LogP contribution in [-0.4, -0.2) is 96.7 Å². The molecule has 0 rings (SSSR count). The molecule has 0 aromatic carbocycles. The lowest BCUT2D eigenvalue weighted by Crippen LogP contribution is -2.30. The van der Waals surface area contributed by atoms with E-state index in [2.05, 4.69) is 34.6 Å². The third-order valence-electron chi connectivity index (χ3n) is 17.5. The van der Waals surface area contributed by atoms with Gasteiger partial charge >= 0.3 is 39.5 Å². The van der Waals surface area contributed by atoms with E-state index in [1.807, 2.05) is 0 Å². The van der Waals surface area contributed by atoms with Crippen LogP contribution in [0.4, 0.5) is 0 Å². The molecule has 3 N–H and O–H groups in total. The van der Waals surface area contributed by atoms with Gasteiger partial charge in [0.2, 0.25) is 0 Å². The highest BCUT2D eigenvalue weighted by atomic mass is 31.2. The summed E-state index contributed by atoms with van der Waals surface area (Å²) in [6.07, 6.45) is 56.7. The van der Waals surface area contributed by atoms with Crippen LogP contribution in [0.1, 0.15) is 394 Å². The summed E-state index contributed by atoms with van der Waals surface area (Å²) in [6.45, 7) is 7.29. The maximum atomic E-state index is 13.1. The molecule has 19 heteroatoms. The molecular formula is C75H146O17P2. The highest BCUT2D eigenvalue weighted by Crippen LogP contribution is 2.45. The number of hydrogen-bond donors (Lipinski definition) is 3. The van der Waals surface area contributed by atoms with Crippen molar-refractivity contribution in [2.45, 2.75) is 412 Å². The van der Waals surface area contributed by atoms with Gasteiger partial charge in [-0.1, -0.05) is 343 Å². The minimum absolute atomic E-state index is 0.108. The van der Waals surface area contributed by atoms with Gasteiger partial charge in [0.1, 0.15) is 19.3 Å². The molecule has 0 aliphatic rings. The fourth-order valence-corrected chi connectivity index (χ4v) is 13.1. The first kappa shape index (κ1) is 92.1. The SMILES string of the molecule is CCCCCCCCCCCCCCCCCCCC(=O)O[C@H](COC(=O)CCCCCCCCCCCCC(C)C)COP(=O)(O)OC[C@@H](O)COP(=O)(O)OC[C@@H](COC(=O)CCCCCCCCCCCCCC)OC(=O)CCCCCCCCCCCCCC. The van der Waals surface area contributed by atoms with Gasteiger partial charge in [-0.25, -0.2) is 9.13 Å². The van der Waals surface area contributed by atoms with Crippen LogP contribution in [-0.2, 0) is 65.4 Å². The van der Waals surface area contributed by atoms with Crippen LogP contribution in [0.2, 0.25) is 0 Å². The Morgan fingerprint density at radius 1 is 0.287 bits per heavy atom. The van der Waals surface area contributed by atoms with E-state index in [0.717, 1.165) is 95.8 Å². The zero-order valence-corrected chi connectivity index (χ0v) is 62.9. The second-order valence-electron chi connectivity index (χ2n) is 27.5. The van der Waals surface area contributed by atoms with E-state index in [9.17, 15) is 43.2 Å². The van der Waals surface area contributed by atoms with Crippen molar-refractivity contribution in [1.29, 1.82) is 0 Å². The van der Waals surface area contributed by atoms with E-state index in [1.54, 1.807) is 0 Å². The number of ether oxygens (including phenoxy) is 4. The normalized spacial score (nSPS) is 14.0. The Balaban J connectivity index is 5.25. The largest absolute Gasteiger partial charge is 0.472 e. The van der Waals surface area contributed by atoms with Crippen molar-refractivity contribution >= 4 is 39.5 Å². The van der Waals surface area contributed by atoms with Crippen LogP contribution < -0.4 is 0 Å². The fourth-order valence-electron chi connectivity index (χ4n) is 11.5. The molecular weight excluding hydrogens is 1230 g/mol. The Hall–Kier alpha value is -1.94. The first-order valence-corrected chi connectivity index (χ1v) is 42.1. The maximum absolute atomic E-state index is 13.1. The minimum atomic E-state index is -4.96. The number of aliphatic hydroxyl groups excluding tert-OH is 1. The molecule has 94 heavy (non-hydrogen) atoms. The Labute approximate surface area is 575 Å². The average molecular weight is 1380 g/mol. The Morgan fingerprint density at radius 2 is 0.489 bits per heavy atom. The van der Waals surface area contributed by atoms with Crippen molar-refractivity contribution in [3.8, 4) is 0 Å². The van der Waals surface area contributed by atoms with Gasteiger partial charge in [0.05, 0.1) is 26.4 Å². The molecule has 2 unspecified atom stereocenters. The van der Waals surface area contributed by atoms with Gasteiger partial charge in [-0.2, -0.15) is 0 Å². The number of esters is 4. The molecule has 17 nitrogen and oxygen atoms in total. The molecule has 0 aromatic heterocycles. The number of carbonyl (C=O) groups is 4. The summed E-state index contributed by atoms with van der Waals surface area (Å²) in [4.78, 5) is 72.8. The highest BCUT2D eigenvalue weighted by Gasteiger charge is 2.30. The average Bonchev–Trinajstić information content (AvgIpc) is 1.62. The molecule has 558 valence electrons. The second-order valence-corrected chi connectivity index (χ2v) is 30.4. The first-order chi connectivity index (χ1) is 45.5. The third-order valence-corrected chi connectivity index (χ3v) is 19.4. The summed E-state index contributed by atoms with van der Waals surface area (Å²) < 4.78 is 68.5. The third kappa shape index (κ3) is 68.6. The molecule has 0 aliphatic carbocycles. The molecule has 0 saturated heterocycles. The van der Waals surface area contributed by atoms with E-state index in [-0.39, 0.29) is 25.7 Å². The molecule has 0 bridgehead atoms. The van der Waals surface area contributed by atoms with Gasteiger partial charge < -0.3 is 33.8 Å². The van der Waals surface area contributed by atoms with E-state index in [0.29, 0.717) is 25.7 Å². The number of phosphoric acid groups is 2. The van der Waals surface area contributed by atoms with Crippen molar-refractivity contribution in [2.24, 2.45) is 5.92 Å². The number of carbonyl (C=O) groups excluding carboxylic acids is 4. The number of rotatable bonds is 75. The zero-order valence-electron chi connectivity index (χ0n) is 61.1. The lowest BCUT2D eigenvalue weighted by Gasteiger charge is -2.21. The fraction of sp³-hybridized carbons (Fsp3) is 0.947. The monoisotopic (exact) mass is 1380 g/mol. The van der Waals surface area contributed by atoms with Gasteiger partial charge in [-0.3, -0.25) is 37.3 Å². The highest BCUT2D eigenvalue weighted by molar-refractivity contribution is 7.47. The van der Waals surface area contributed by atoms with Gasteiger partial charge in [0, 0.05) is 25.7 Å². The number of phosphoric ester groups is 2. The van der Waals surface area contributed by atoms with Crippen LogP contribution in [0, 0.1) is 5.92 Å². The van der Waals surface area contributed by atoms with Gasteiger partial charge in [0.25, 0.3) is 0 Å². The predicted molar refractivity (Wildman–Crippen MR) is 382 cm³/mol. The van der Waals surface area contributed by atoms with E-state index in [4.69, 9.17) is 37.0 Å². The summed E-state index contributed by atoms with van der Waals surface area (Å²) in [5.74, 6) is -1.35. The molecule has 0 aromatic rings. The van der Waals surface area contributed by atoms with Crippen LogP contribution in [0.25, 0.3) is 0 Å². The van der Waals surface area contributed by atoms with Gasteiger partial charge in [-0.05, 0) is 31.6 Å². The van der Waals surface area contributed by atoms with Crippen molar-refractivity contribution in [1.82, 2.24) is 0 Å². The van der Waals surface area contributed by atoms with Crippen molar-refractivity contribution in [3.63, 3.8) is 0 Å². The van der Waals surface area contributed by atoms with Crippen LogP contribution in [0.5, 0.6) is 0 Å². The molecule has 0 fully saturated rings. The summed E-state index contributed by atoms with van der Waals surface area (Å²) >= 11 is 0. The summed E-state index contributed by atoms with van der Waals surface area (Å²) in [6, 6.07) is 0. The lowest BCUT2D eigenvalue weighted by molar-refractivity contribution is -0.161. The Kier molecular flexibility index (Phi) is 66.8. The van der Waals surface area contributed by atoms with E-state index < -0.39 is 97.5 Å². The van der Waals surface area contributed by atoms with Crippen molar-refractivity contribution in [3.05, 3.63) is 0 Å². The second kappa shape index (κ2) is 68.2. The summed E-state index contributed by atoms with van der Waals surface area (Å²) in [5, 5.41) is 10.6. The van der Waals surface area contributed by atoms with Gasteiger partial charge in [-0.15, -0.1) is 0 Å². The summed E-state index contributed by atoms with van der Waals surface area (Å²) in [7, 11) is -9.91. The van der Waals surface area contributed by atoms with Crippen LogP contribution in [0.15, 0.2) is 0 Å². The number of unbranched alkanes of at least 4 members (excludes halogenated alkanes) is 47. The molecule has 0 aliphatic heterocycles. The molecule has 0 saturated carbocycles.